The molecule has 0 bridgehead atoms. The maximum atomic E-state index is 13.6. The molecule has 9 heteroatoms. The summed E-state index contributed by atoms with van der Waals surface area (Å²) in [5, 5.41) is 10.1. The van der Waals surface area contributed by atoms with Crippen LogP contribution >= 0.6 is 0 Å². The second-order valence-corrected chi connectivity index (χ2v) is 8.93. The van der Waals surface area contributed by atoms with Gasteiger partial charge in [0, 0.05) is 35.6 Å². The Morgan fingerprint density at radius 2 is 1.73 bits per heavy atom. The van der Waals surface area contributed by atoms with Crippen LogP contribution in [0.5, 0.6) is 0 Å². The Hall–Kier alpha value is -4.11. The van der Waals surface area contributed by atoms with E-state index >= 15 is 0 Å². The molecule has 37 heavy (non-hydrogen) atoms. The van der Waals surface area contributed by atoms with Crippen molar-refractivity contribution >= 4 is 17.3 Å². The number of hydrogen-bond acceptors (Lipinski definition) is 4. The molecule has 190 valence electrons. The number of aryl methyl sites for hydroxylation is 1. The molecule has 1 aromatic heterocycles. The largest absolute Gasteiger partial charge is 0.416 e. The van der Waals surface area contributed by atoms with E-state index in [0.29, 0.717) is 43.4 Å². The fourth-order valence-electron chi connectivity index (χ4n) is 4.22. The molecule has 0 saturated carbocycles. The molecule has 0 atom stereocenters. The van der Waals surface area contributed by atoms with Crippen LogP contribution in [0.3, 0.4) is 0 Å². The summed E-state index contributed by atoms with van der Waals surface area (Å²) in [4.78, 5) is 14.8. The minimum atomic E-state index is -4.58. The molecule has 3 aromatic carbocycles. The molecule has 2 N–H and O–H groups in total. The Morgan fingerprint density at radius 1 is 0.973 bits per heavy atom. The summed E-state index contributed by atoms with van der Waals surface area (Å²) in [6.07, 6.45) is -4.58. The van der Waals surface area contributed by atoms with Gasteiger partial charge in [-0.1, -0.05) is 42.0 Å². The Kier molecular flexibility index (Phi) is 6.71. The molecule has 1 aliphatic rings. The average molecular weight is 507 g/mol. The van der Waals surface area contributed by atoms with Crippen molar-refractivity contribution in [3.05, 3.63) is 89.5 Å². The minimum absolute atomic E-state index is 0.0665. The van der Waals surface area contributed by atoms with Gasteiger partial charge < -0.3 is 15.0 Å². The Balaban J connectivity index is 1.38. The number of aromatic nitrogens is 2. The normalized spacial score (nSPS) is 14.0. The summed E-state index contributed by atoms with van der Waals surface area (Å²) in [5.41, 5.74) is 4.30. The number of nitrogens with zero attached hydrogens (tertiary/aromatic N) is 2. The van der Waals surface area contributed by atoms with Gasteiger partial charge in [-0.3, -0.25) is 9.89 Å². The van der Waals surface area contributed by atoms with E-state index in [1.807, 2.05) is 43.3 Å². The van der Waals surface area contributed by atoms with Crippen LogP contribution in [0.1, 0.15) is 21.5 Å². The zero-order valence-electron chi connectivity index (χ0n) is 20.1. The highest BCUT2D eigenvalue weighted by molar-refractivity contribution is 6.05. The maximum absolute atomic E-state index is 13.6. The van der Waals surface area contributed by atoms with Gasteiger partial charge in [0.25, 0.3) is 5.91 Å². The monoisotopic (exact) mass is 506 g/mol. The number of aromatic amines is 1. The number of rotatable bonds is 5. The zero-order valence-corrected chi connectivity index (χ0v) is 20.1. The van der Waals surface area contributed by atoms with Crippen molar-refractivity contribution in [2.24, 2.45) is 0 Å². The number of carbonyl (C=O) groups is 1. The fourth-order valence-corrected chi connectivity index (χ4v) is 4.22. The molecular weight excluding hydrogens is 481 g/mol. The van der Waals surface area contributed by atoms with E-state index in [4.69, 9.17) is 4.74 Å². The van der Waals surface area contributed by atoms with Crippen LogP contribution in [0.2, 0.25) is 0 Å². The third-order valence-electron chi connectivity index (χ3n) is 6.24. The van der Waals surface area contributed by atoms with Crippen LogP contribution in [0.25, 0.3) is 22.5 Å². The molecule has 1 fully saturated rings. The van der Waals surface area contributed by atoms with Gasteiger partial charge in [0.2, 0.25) is 0 Å². The summed E-state index contributed by atoms with van der Waals surface area (Å²) in [6, 6.07) is 20.4. The predicted molar refractivity (Wildman–Crippen MR) is 137 cm³/mol. The molecule has 6 nitrogen and oxygen atoms in total. The molecule has 1 saturated heterocycles. The Morgan fingerprint density at radius 3 is 2.46 bits per heavy atom. The third-order valence-corrected chi connectivity index (χ3v) is 6.24. The van der Waals surface area contributed by atoms with Gasteiger partial charge in [-0.15, -0.1) is 0 Å². The maximum Gasteiger partial charge on any atom is 0.416 e. The highest BCUT2D eigenvalue weighted by atomic mass is 19.4. The van der Waals surface area contributed by atoms with E-state index in [9.17, 15) is 18.0 Å². The van der Waals surface area contributed by atoms with Gasteiger partial charge >= 0.3 is 6.18 Å². The first-order chi connectivity index (χ1) is 17.8. The number of ether oxygens (including phenoxy) is 1. The number of halogens is 3. The van der Waals surface area contributed by atoms with Crippen molar-refractivity contribution in [2.45, 2.75) is 13.1 Å². The number of benzene rings is 3. The van der Waals surface area contributed by atoms with E-state index in [1.165, 1.54) is 6.07 Å². The summed E-state index contributed by atoms with van der Waals surface area (Å²) in [7, 11) is 0. The van der Waals surface area contributed by atoms with E-state index in [-0.39, 0.29) is 5.56 Å². The molecule has 0 radical (unpaired) electrons. The van der Waals surface area contributed by atoms with Gasteiger partial charge in [0.1, 0.15) is 0 Å². The minimum Gasteiger partial charge on any atom is -0.378 e. The second kappa shape index (κ2) is 10.1. The van der Waals surface area contributed by atoms with Crippen LogP contribution in [0.15, 0.2) is 72.8 Å². The molecule has 0 aliphatic carbocycles. The lowest BCUT2D eigenvalue weighted by molar-refractivity contribution is -0.137. The third kappa shape index (κ3) is 5.67. The summed E-state index contributed by atoms with van der Waals surface area (Å²) in [6.45, 7) is 3.77. The summed E-state index contributed by atoms with van der Waals surface area (Å²) >= 11 is 0. The van der Waals surface area contributed by atoms with Crippen LogP contribution < -0.4 is 10.2 Å². The number of H-pyrrole nitrogens is 1. The average Bonchev–Trinajstić information content (AvgIpc) is 3.39. The van der Waals surface area contributed by atoms with Gasteiger partial charge in [0.15, 0.2) is 0 Å². The molecule has 2 heterocycles. The standard InChI is InChI=1S/C28H25F3N4O2/c1-18-5-7-19(8-6-18)25-17-26(34-33-25)20-3-2-4-23(14-20)32-27(36)21-13-22(28(29,30)31)16-24(15-21)35-9-11-37-12-10-35/h2-8,13-17H,9-12H2,1H3,(H,32,36)(H,33,34). The number of morpholine rings is 1. The number of hydrogen-bond donors (Lipinski definition) is 2. The molecule has 4 aromatic rings. The van der Waals surface area contributed by atoms with Gasteiger partial charge in [-0.25, -0.2) is 0 Å². The molecule has 1 aliphatic heterocycles. The van der Waals surface area contributed by atoms with E-state index in [1.54, 1.807) is 23.1 Å². The number of amides is 1. The fraction of sp³-hybridized carbons (Fsp3) is 0.214. The molecule has 5 rings (SSSR count). The predicted octanol–water partition coefficient (Wildman–Crippen LogP) is 6.16. The number of alkyl halides is 3. The van der Waals surface area contributed by atoms with Crippen LogP contribution in [-0.2, 0) is 10.9 Å². The smallest absolute Gasteiger partial charge is 0.378 e. The highest BCUT2D eigenvalue weighted by Gasteiger charge is 2.32. The van der Waals surface area contributed by atoms with Crippen molar-refractivity contribution in [2.75, 3.05) is 36.5 Å². The molecule has 0 unspecified atom stereocenters. The number of anilines is 2. The van der Waals surface area contributed by atoms with Crippen molar-refractivity contribution in [1.82, 2.24) is 10.2 Å². The number of nitrogens with one attached hydrogen (secondary N) is 2. The van der Waals surface area contributed by atoms with E-state index in [0.717, 1.165) is 34.5 Å². The van der Waals surface area contributed by atoms with Gasteiger partial charge in [0.05, 0.1) is 30.2 Å². The van der Waals surface area contributed by atoms with Crippen molar-refractivity contribution in [3.63, 3.8) is 0 Å². The van der Waals surface area contributed by atoms with Crippen molar-refractivity contribution < 1.29 is 22.7 Å². The lowest BCUT2D eigenvalue weighted by Gasteiger charge is -2.29. The number of carbonyl (C=O) groups excluding carboxylic acids is 1. The highest BCUT2D eigenvalue weighted by Crippen LogP contribution is 2.34. The van der Waals surface area contributed by atoms with E-state index in [2.05, 4.69) is 15.5 Å². The van der Waals surface area contributed by atoms with Crippen LogP contribution in [0, 0.1) is 6.92 Å². The Labute approximate surface area is 212 Å². The first-order valence-corrected chi connectivity index (χ1v) is 11.9. The zero-order chi connectivity index (χ0) is 26.0. The SMILES string of the molecule is Cc1ccc(-c2cc(-c3cccc(NC(=O)c4cc(N5CCOCC5)cc(C(F)(F)F)c4)c3)n[nH]2)cc1. The van der Waals surface area contributed by atoms with Crippen LogP contribution in [-0.4, -0.2) is 42.4 Å². The van der Waals surface area contributed by atoms with Gasteiger partial charge in [-0.05, 0) is 48.9 Å². The summed E-state index contributed by atoms with van der Waals surface area (Å²) < 4.78 is 46.1. The van der Waals surface area contributed by atoms with Crippen LogP contribution in [0.4, 0.5) is 24.5 Å². The topological polar surface area (TPSA) is 70.2 Å². The summed E-state index contributed by atoms with van der Waals surface area (Å²) in [5.74, 6) is -0.625. The second-order valence-electron chi connectivity index (χ2n) is 8.93. The van der Waals surface area contributed by atoms with Crippen molar-refractivity contribution in [1.29, 1.82) is 0 Å². The van der Waals surface area contributed by atoms with Gasteiger partial charge in [-0.2, -0.15) is 18.3 Å². The molecule has 0 spiro atoms. The lowest BCUT2D eigenvalue weighted by Crippen LogP contribution is -2.36. The first-order valence-electron chi connectivity index (χ1n) is 11.9. The first kappa shape index (κ1) is 24.6. The molecular formula is C28H25F3N4O2. The van der Waals surface area contributed by atoms with E-state index < -0.39 is 17.6 Å². The quantitative estimate of drug-likeness (QED) is 0.340. The Bertz CT molecular complexity index is 1410. The lowest BCUT2D eigenvalue weighted by atomic mass is 10.1. The molecule has 1 amide bonds. The van der Waals surface area contributed by atoms with Crippen molar-refractivity contribution in [3.8, 4) is 22.5 Å².